The number of anilines is 4. The highest BCUT2D eigenvalue weighted by Crippen LogP contribution is 2.21. The lowest BCUT2D eigenvalue weighted by molar-refractivity contribution is 0.614. The van der Waals surface area contributed by atoms with Crippen LogP contribution in [0.4, 0.5) is 40.7 Å². The number of nitrogens with zero attached hydrogens (tertiary/aromatic N) is 4. The van der Waals surface area contributed by atoms with Gasteiger partial charge < -0.3 is 10.6 Å². The van der Waals surface area contributed by atoms with Crippen molar-refractivity contribution in [3.8, 4) is 0 Å². The number of hydrogen-bond acceptors (Lipinski definition) is 6. The standard InChI is InChI=1S/C16H11F3N4.C4HCl2FN2/c17-10-1-5-12(6-2-10)21-15-14(19)9-20-16(23-15)22-13-7-3-11(18)4-8-13;5-3-2(7)4(6)9-1-8-3/h1-9H,(H2,20,21,22,23);1H. The molecule has 0 unspecified atom stereocenters. The summed E-state index contributed by atoms with van der Waals surface area (Å²) in [5, 5.41) is 5.07. The number of aromatic nitrogens is 4. The Morgan fingerprint density at radius 2 is 1.16 bits per heavy atom. The van der Waals surface area contributed by atoms with Crippen molar-refractivity contribution in [2.75, 3.05) is 10.6 Å². The second kappa shape index (κ2) is 10.7. The predicted octanol–water partition coefficient (Wildman–Crippen LogP) is 6.30. The fraction of sp³-hybridized carbons (Fsp3) is 0. The summed E-state index contributed by atoms with van der Waals surface area (Å²) >= 11 is 10.4. The zero-order chi connectivity index (χ0) is 23.1. The van der Waals surface area contributed by atoms with Crippen molar-refractivity contribution in [2.45, 2.75) is 0 Å². The molecule has 4 aromatic rings. The van der Waals surface area contributed by atoms with Gasteiger partial charge in [-0.2, -0.15) is 4.98 Å². The molecule has 0 bridgehead atoms. The summed E-state index contributed by atoms with van der Waals surface area (Å²) < 4.78 is 51.9. The van der Waals surface area contributed by atoms with Crippen molar-refractivity contribution in [1.82, 2.24) is 19.9 Å². The molecule has 2 aromatic carbocycles. The average molecular weight is 483 g/mol. The largest absolute Gasteiger partial charge is 0.338 e. The summed E-state index contributed by atoms with van der Waals surface area (Å²) in [7, 11) is 0. The van der Waals surface area contributed by atoms with Crippen LogP contribution >= 0.6 is 23.2 Å². The third kappa shape index (κ3) is 6.50. The Hall–Kier alpha value is -3.50. The van der Waals surface area contributed by atoms with Gasteiger partial charge in [-0.15, -0.1) is 0 Å². The fourth-order valence-electron chi connectivity index (χ4n) is 2.18. The third-order valence-electron chi connectivity index (χ3n) is 3.66. The summed E-state index contributed by atoms with van der Waals surface area (Å²) in [6.45, 7) is 0. The molecule has 2 N–H and O–H groups in total. The molecule has 0 aliphatic rings. The lowest BCUT2D eigenvalue weighted by Crippen LogP contribution is -2.03. The van der Waals surface area contributed by atoms with E-state index in [2.05, 4.69) is 30.6 Å². The molecule has 2 heterocycles. The van der Waals surface area contributed by atoms with Crippen molar-refractivity contribution < 1.29 is 17.6 Å². The Balaban J connectivity index is 0.000000269. The molecule has 0 saturated heterocycles. The van der Waals surface area contributed by atoms with Gasteiger partial charge in [0.15, 0.2) is 27.8 Å². The quantitative estimate of drug-likeness (QED) is 0.262. The molecule has 0 fully saturated rings. The number of hydrogen-bond donors (Lipinski definition) is 2. The second-order valence-electron chi connectivity index (χ2n) is 5.92. The van der Waals surface area contributed by atoms with Gasteiger partial charge in [-0.1, -0.05) is 23.2 Å². The van der Waals surface area contributed by atoms with Crippen LogP contribution in [-0.4, -0.2) is 19.9 Å². The zero-order valence-corrected chi connectivity index (χ0v) is 17.3. The minimum atomic E-state index is -0.777. The van der Waals surface area contributed by atoms with E-state index in [4.69, 9.17) is 23.2 Å². The van der Waals surface area contributed by atoms with Gasteiger partial charge in [0.05, 0.1) is 6.20 Å². The monoisotopic (exact) mass is 482 g/mol. The molecule has 0 aliphatic carbocycles. The minimum Gasteiger partial charge on any atom is -0.338 e. The van der Waals surface area contributed by atoms with Gasteiger partial charge in [0.1, 0.15) is 18.0 Å². The molecule has 0 saturated carbocycles. The van der Waals surface area contributed by atoms with Gasteiger partial charge in [-0.25, -0.2) is 32.5 Å². The van der Waals surface area contributed by atoms with Gasteiger partial charge in [-0.3, -0.25) is 0 Å². The summed E-state index contributed by atoms with van der Waals surface area (Å²) in [4.78, 5) is 14.5. The molecule has 0 amide bonds. The molecule has 0 aliphatic heterocycles. The zero-order valence-electron chi connectivity index (χ0n) is 15.8. The first-order valence-corrected chi connectivity index (χ1v) is 9.46. The van der Waals surface area contributed by atoms with Crippen LogP contribution in [-0.2, 0) is 0 Å². The van der Waals surface area contributed by atoms with Crippen LogP contribution in [0.1, 0.15) is 0 Å². The second-order valence-corrected chi connectivity index (χ2v) is 6.64. The molecule has 4 rings (SSSR count). The highest BCUT2D eigenvalue weighted by molar-refractivity contribution is 6.33. The summed E-state index contributed by atoms with van der Waals surface area (Å²) in [5.74, 6) is -2.11. The van der Waals surface area contributed by atoms with Crippen molar-refractivity contribution in [3.63, 3.8) is 0 Å². The number of nitrogens with one attached hydrogen (secondary N) is 2. The maximum Gasteiger partial charge on any atom is 0.229 e. The van der Waals surface area contributed by atoms with E-state index >= 15 is 0 Å². The van der Waals surface area contributed by atoms with Crippen molar-refractivity contribution in [2.24, 2.45) is 0 Å². The van der Waals surface area contributed by atoms with Crippen LogP contribution in [0.15, 0.2) is 61.1 Å². The molecule has 0 radical (unpaired) electrons. The number of benzene rings is 2. The molecule has 32 heavy (non-hydrogen) atoms. The Morgan fingerprint density at radius 1 is 0.656 bits per heavy atom. The third-order valence-corrected chi connectivity index (χ3v) is 4.18. The molecular weight excluding hydrogens is 471 g/mol. The smallest absolute Gasteiger partial charge is 0.229 e. The maximum absolute atomic E-state index is 13.8. The minimum absolute atomic E-state index is 0.0591. The fourth-order valence-corrected chi connectivity index (χ4v) is 2.49. The van der Waals surface area contributed by atoms with E-state index in [1.807, 2.05) is 0 Å². The van der Waals surface area contributed by atoms with Crippen LogP contribution in [0.5, 0.6) is 0 Å². The average Bonchev–Trinajstić information content (AvgIpc) is 2.78. The van der Waals surface area contributed by atoms with Crippen LogP contribution in [0.25, 0.3) is 0 Å². The highest BCUT2D eigenvalue weighted by Gasteiger charge is 2.08. The first kappa shape index (κ1) is 23.2. The molecule has 12 heteroatoms. The summed E-state index contributed by atoms with van der Waals surface area (Å²) in [6.07, 6.45) is 2.10. The first-order chi connectivity index (χ1) is 15.3. The lowest BCUT2D eigenvalue weighted by atomic mass is 10.3. The van der Waals surface area contributed by atoms with Crippen molar-refractivity contribution >= 4 is 46.3 Å². The van der Waals surface area contributed by atoms with E-state index in [-0.39, 0.29) is 27.9 Å². The van der Waals surface area contributed by atoms with E-state index < -0.39 is 17.5 Å². The Bertz CT molecular complexity index is 1170. The van der Waals surface area contributed by atoms with Crippen LogP contribution < -0.4 is 10.6 Å². The Morgan fingerprint density at radius 3 is 1.66 bits per heavy atom. The van der Waals surface area contributed by atoms with Gasteiger partial charge in [0, 0.05) is 11.4 Å². The Kier molecular flexibility index (Phi) is 7.74. The van der Waals surface area contributed by atoms with Crippen LogP contribution in [0.3, 0.4) is 0 Å². The highest BCUT2D eigenvalue weighted by atomic mass is 35.5. The molecule has 0 spiro atoms. The maximum atomic E-state index is 13.8. The van der Waals surface area contributed by atoms with E-state index in [0.717, 1.165) is 12.5 Å². The number of halogens is 6. The van der Waals surface area contributed by atoms with Crippen molar-refractivity contribution in [3.05, 3.63) is 94.6 Å². The van der Waals surface area contributed by atoms with E-state index in [0.29, 0.717) is 11.4 Å². The van der Waals surface area contributed by atoms with Gasteiger partial charge in [0.25, 0.3) is 0 Å². The van der Waals surface area contributed by atoms with Crippen LogP contribution in [0, 0.1) is 23.3 Å². The predicted molar refractivity (Wildman–Crippen MR) is 113 cm³/mol. The molecule has 164 valence electrons. The van der Waals surface area contributed by atoms with Crippen LogP contribution in [0.2, 0.25) is 10.3 Å². The van der Waals surface area contributed by atoms with E-state index in [9.17, 15) is 17.6 Å². The first-order valence-electron chi connectivity index (χ1n) is 8.71. The Labute approximate surface area is 189 Å². The SMILES string of the molecule is Fc1c(Cl)ncnc1Cl.Fc1ccc(Nc2ncc(F)c(Nc3ccc(F)cc3)n2)cc1. The van der Waals surface area contributed by atoms with Gasteiger partial charge in [0.2, 0.25) is 5.95 Å². The van der Waals surface area contributed by atoms with E-state index in [1.54, 1.807) is 0 Å². The normalized spacial score (nSPS) is 10.2. The number of rotatable bonds is 4. The van der Waals surface area contributed by atoms with Gasteiger partial charge in [-0.05, 0) is 48.5 Å². The lowest BCUT2D eigenvalue weighted by Gasteiger charge is -2.09. The van der Waals surface area contributed by atoms with Crippen molar-refractivity contribution in [1.29, 1.82) is 0 Å². The summed E-state index contributed by atoms with van der Waals surface area (Å²) in [6, 6.07) is 11.0. The molecule has 6 nitrogen and oxygen atoms in total. The molecule has 2 aromatic heterocycles. The molecular formula is C20H12Cl2F4N6. The summed E-state index contributed by atoms with van der Waals surface area (Å²) in [5.41, 5.74) is 1.04. The topological polar surface area (TPSA) is 75.6 Å². The van der Waals surface area contributed by atoms with E-state index in [1.165, 1.54) is 48.5 Å². The van der Waals surface area contributed by atoms with Gasteiger partial charge >= 0.3 is 0 Å². The molecule has 0 atom stereocenters.